The van der Waals surface area contributed by atoms with Crippen molar-refractivity contribution in [1.29, 1.82) is 0 Å². The van der Waals surface area contributed by atoms with E-state index in [9.17, 15) is 0 Å². The third-order valence-electron chi connectivity index (χ3n) is 2.01. The van der Waals surface area contributed by atoms with E-state index < -0.39 is 0 Å². The standard InChI is InChI=1S/C9H18N4/c1-4-6-13(5-2)9-8(10)7-12(3)11-9/h7H,4-6,10H2,1-3H3. The van der Waals surface area contributed by atoms with E-state index in [-0.39, 0.29) is 0 Å². The smallest absolute Gasteiger partial charge is 0.173 e. The summed E-state index contributed by atoms with van der Waals surface area (Å²) >= 11 is 0. The summed E-state index contributed by atoms with van der Waals surface area (Å²) in [5.74, 6) is 0.909. The van der Waals surface area contributed by atoms with Crippen LogP contribution in [0.3, 0.4) is 0 Å². The van der Waals surface area contributed by atoms with Crippen molar-refractivity contribution in [2.75, 3.05) is 23.7 Å². The molecule has 0 aliphatic heterocycles. The molecule has 0 unspecified atom stereocenters. The van der Waals surface area contributed by atoms with Crippen LogP contribution in [-0.4, -0.2) is 22.9 Å². The Morgan fingerprint density at radius 3 is 2.62 bits per heavy atom. The van der Waals surface area contributed by atoms with Gasteiger partial charge in [0.25, 0.3) is 0 Å². The summed E-state index contributed by atoms with van der Waals surface area (Å²) in [7, 11) is 1.89. The van der Waals surface area contributed by atoms with Gasteiger partial charge in [-0.25, -0.2) is 0 Å². The van der Waals surface area contributed by atoms with Crippen molar-refractivity contribution < 1.29 is 0 Å². The highest BCUT2D eigenvalue weighted by Crippen LogP contribution is 2.19. The van der Waals surface area contributed by atoms with Crippen LogP contribution < -0.4 is 10.6 Å². The summed E-state index contributed by atoms with van der Waals surface area (Å²) in [5.41, 5.74) is 6.58. The van der Waals surface area contributed by atoms with Crippen LogP contribution in [0.5, 0.6) is 0 Å². The van der Waals surface area contributed by atoms with Gasteiger partial charge >= 0.3 is 0 Å². The minimum atomic E-state index is 0.762. The Labute approximate surface area is 79.3 Å². The van der Waals surface area contributed by atoms with Gasteiger partial charge in [-0.3, -0.25) is 4.68 Å². The number of aromatic nitrogens is 2. The molecule has 0 aliphatic rings. The zero-order chi connectivity index (χ0) is 9.84. The number of hydrogen-bond donors (Lipinski definition) is 1. The van der Waals surface area contributed by atoms with Gasteiger partial charge in [0.1, 0.15) is 0 Å². The number of anilines is 2. The molecule has 0 fully saturated rings. The molecular formula is C9H18N4. The molecule has 0 aromatic carbocycles. The molecule has 0 bridgehead atoms. The van der Waals surface area contributed by atoms with Gasteiger partial charge in [-0.2, -0.15) is 5.10 Å². The average molecular weight is 182 g/mol. The molecule has 0 aliphatic carbocycles. The number of nitrogen functional groups attached to an aromatic ring is 1. The normalized spacial score (nSPS) is 10.4. The fourth-order valence-electron chi connectivity index (χ4n) is 1.42. The van der Waals surface area contributed by atoms with Crippen LogP contribution in [0.15, 0.2) is 6.20 Å². The largest absolute Gasteiger partial charge is 0.394 e. The molecule has 1 aromatic heterocycles. The lowest BCUT2D eigenvalue weighted by atomic mass is 10.4. The summed E-state index contributed by atoms with van der Waals surface area (Å²) in [6.45, 7) is 6.23. The van der Waals surface area contributed by atoms with Crippen molar-refractivity contribution in [2.24, 2.45) is 7.05 Å². The van der Waals surface area contributed by atoms with E-state index in [1.807, 2.05) is 13.2 Å². The first-order chi connectivity index (χ1) is 6.19. The van der Waals surface area contributed by atoms with Crippen LogP contribution >= 0.6 is 0 Å². The Balaban J connectivity index is 2.83. The maximum atomic E-state index is 5.82. The molecule has 4 nitrogen and oxygen atoms in total. The molecular weight excluding hydrogens is 164 g/mol. The molecule has 2 N–H and O–H groups in total. The molecule has 1 rings (SSSR count). The first-order valence-electron chi connectivity index (χ1n) is 4.73. The predicted octanol–water partition coefficient (Wildman–Crippen LogP) is 1.24. The molecule has 13 heavy (non-hydrogen) atoms. The zero-order valence-electron chi connectivity index (χ0n) is 8.62. The fourth-order valence-corrected chi connectivity index (χ4v) is 1.42. The van der Waals surface area contributed by atoms with Crippen molar-refractivity contribution in [3.05, 3.63) is 6.20 Å². The Morgan fingerprint density at radius 1 is 1.54 bits per heavy atom. The second kappa shape index (κ2) is 4.16. The third kappa shape index (κ3) is 2.14. The quantitative estimate of drug-likeness (QED) is 0.762. The van der Waals surface area contributed by atoms with Crippen LogP contribution in [0.1, 0.15) is 20.3 Å². The number of aryl methyl sites for hydroxylation is 1. The van der Waals surface area contributed by atoms with Crippen molar-refractivity contribution in [3.8, 4) is 0 Å². The van der Waals surface area contributed by atoms with Crippen molar-refractivity contribution in [3.63, 3.8) is 0 Å². The van der Waals surface area contributed by atoms with Crippen LogP contribution in [0, 0.1) is 0 Å². The lowest BCUT2D eigenvalue weighted by Crippen LogP contribution is -2.24. The van der Waals surface area contributed by atoms with E-state index in [4.69, 9.17) is 5.73 Å². The lowest BCUT2D eigenvalue weighted by Gasteiger charge is -2.19. The lowest BCUT2D eigenvalue weighted by molar-refractivity contribution is 0.727. The van der Waals surface area contributed by atoms with E-state index in [0.717, 1.165) is 31.0 Å². The minimum absolute atomic E-state index is 0.762. The van der Waals surface area contributed by atoms with Gasteiger partial charge in [-0.1, -0.05) is 6.92 Å². The zero-order valence-corrected chi connectivity index (χ0v) is 8.62. The van der Waals surface area contributed by atoms with Gasteiger partial charge in [0.15, 0.2) is 5.82 Å². The van der Waals surface area contributed by atoms with Gasteiger partial charge < -0.3 is 10.6 Å². The van der Waals surface area contributed by atoms with Crippen molar-refractivity contribution >= 4 is 11.5 Å². The van der Waals surface area contributed by atoms with Crippen LogP contribution in [-0.2, 0) is 7.05 Å². The van der Waals surface area contributed by atoms with Gasteiger partial charge in [0, 0.05) is 26.3 Å². The molecule has 4 heteroatoms. The number of rotatable bonds is 4. The highest BCUT2D eigenvalue weighted by atomic mass is 15.3. The maximum absolute atomic E-state index is 5.82. The van der Waals surface area contributed by atoms with Crippen LogP contribution in [0.4, 0.5) is 11.5 Å². The summed E-state index contributed by atoms with van der Waals surface area (Å²) in [6.07, 6.45) is 2.96. The molecule has 1 aromatic rings. The molecule has 0 saturated carbocycles. The van der Waals surface area contributed by atoms with Gasteiger partial charge in [-0.05, 0) is 13.3 Å². The van der Waals surface area contributed by atoms with Crippen LogP contribution in [0.2, 0.25) is 0 Å². The van der Waals surface area contributed by atoms with Crippen molar-refractivity contribution in [2.45, 2.75) is 20.3 Å². The van der Waals surface area contributed by atoms with E-state index in [0.29, 0.717) is 0 Å². The minimum Gasteiger partial charge on any atom is -0.394 e. The summed E-state index contributed by atoms with van der Waals surface area (Å²) < 4.78 is 1.75. The fraction of sp³-hybridized carbons (Fsp3) is 0.667. The third-order valence-corrected chi connectivity index (χ3v) is 2.01. The first kappa shape index (κ1) is 9.89. The molecule has 0 radical (unpaired) electrons. The molecule has 0 amide bonds. The first-order valence-corrected chi connectivity index (χ1v) is 4.73. The molecule has 74 valence electrons. The SMILES string of the molecule is CCCN(CC)c1nn(C)cc1N. The molecule has 1 heterocycles. The second-order valence-corrected chi connectivity index (χ2v) is 3.16. The monoisotopic (exact) mass is 182 g/mol. The second-order valence-electron chi connectivity index (χ2n) is 3.16. The summed E-state index contributed by atoms with van der Waals surface area (Å²) in [5, 5.41) is 4.32. The Kier molecular flexibility index (Phi) is 3.17. The number of nitrogens with two attached hydrogens (primary N) is 1. The summed E-state index contributed by atoms with van der Waals surface area (Å²) in [6, 6.07) is 0. The average Bonchev–Trinajstić information content (AvgIpc) is 2.41. The van der Waals surface area contributed by atoms with Gasteiger partial charge in [0.2, 0.25) is 0 Å². The Bertz CT molecular complexity index is 267. The Hall–Kier alpha value is -1.19. The molecule has 0 spiro atoms. The van der Waals surface area contributed by atoms with Gasteiger partial charge in [0.05, 0.1) is 5.69 Å². The highest BCUT2D eigenvalue weighted by Gasteiger charge is 2.10. The van der Waals surface area contributed by atoms with E-state index in [2.05, 4.69) is 23.8 Å². The van der Waals surface area contributed by atoms with Crippen LogP contribution in [0.25, 0.3) is 0 Å². The van der Waals surface area contributed by atoms with Gasteiger partial charge in [-0.15, -0.1) is 0 Å². The van der Waals surface area contributed by atoms with E-state index in [1.165, 1.54) is 0 Å². The van der Waals surface area contributed by atoms with E-state index >= 15 is 0 Å². The molecule has 0 atom stereocenters. The number of hydrogen-bond acceptors (Lipinski definition) is 3. The highest BCUT2D eigenvalue weighted by molar-refractivity contribution is 5.61. The van der Waals surface area contributed by atoms with Crippen molar-refractivity contribution in [1.82, 2.24) is 9.78 Å². The molecule has 0 saturated heterocycles. The summed E-state index contributed by atoms with van der Waals surface area (Å²) in [4.78, 5) is 2.19. The maximum Gasteiger partial charge on any atom is 0.173 e. The van der Waals surface area contributed by atoms with E-state index in [1.54, 1.807) is 4.68 Å². The predicted molar refractivity (Wildman–Crippen MR) is 55.8 cm³/mol. The topological polar surface area (TPSA) is 47.1 Å². The number of nitrogens with zero attached hydrogens (tertiary/aromatic N) is 3. The Morgan fingerprint density at radius 2 is 2.23 bits per heavy atom.